The van der Waals surface area contributed by atoms with Crippen LogP contribution in [0.4, 0.5) is 5.69 Å². The van der Waals surface area contributed by atoms with Gasteiger partial charge in [0, 0.05) is 15.2 Å². The Hall–Kier alpha value is -2.20. The molecule has 0 aliphatic rings. The maximum Gasteiger partial charge on any atom is 0.288 e. The molecule has 2 aromatic carbocycles. The van der Waals surface area contributed by atoms with E-state index in [1.807, 2.05) is 22.6 Å². The van der Waals surface area contributed by atoms with Crippen LogP contribution in [0.3, 0.4) is 0 Å². The van der Waals surface area contributed by atoms with Crippen LogP contribution in [-0.4, -0.2) is 16.7 Å². The largest absolute Gasteiger partial charge is 0.288 e. The number of halogens is 2. The van der Waals surface area contributed by atoms with Crippen LogP contribution in [0.15, 0.2) is 42.5 Å². The van der Waals surface area contributed by atoms with Crippen LogP contribution < -0.4 is 10.9 Å². The molecule has 0 saturated carbocycles. The molecule has 118 valence electrons. The molecular formula is C14H9ClIN3O4. The quantitative estimate of drug-likeness (QED) is 0.431. The highest BCUT2D eigenvalue weighted by Crippen LogP contribution is 2.24. The predicted molar refractivity (Wildman–Crippen MR) is 92.2 cm³/mol. The van der Waals surface area contributed by atoms with Gasteiger partial charge in [-0.1, -0.05) is 23.7 Å². The Morgan fingerprint density at radius 1 is 1.09 bits per heavy atom. The van der Waals surface area contributed by atoms with Crippen molar-refractivity contribution in [1.82, 2.24) is 10.9 Å². The minimum Gasteiger partial charge on any atom is -0.267 e. The van der Waals surface area contributed by atoms with E-state index in [4.69, 9.17) is 11.6 Å². The summed E-state index contributed by atoms with van der Waals surface area (Å²) in [7, 11) is 0. The van der Waals surface area contributed by atoms with Gasteiger partial charge < -0.3 is 0 Å². The molecule has 7 nitrogen and oxygen atoms in total. The molecule has 23 heavy (non-hydrogen) atoms. The summed E-state index contributed by atoms with van der Waals surface area (Å²) < 4.78 is 0.721. The lowest BCUT2D eigenvalue weighted by Crippen LogP contribution is -2.41. The molecule has 2 N–H and O–H groups in total. The summed E-state index contributed by atoms with van der Waals surface area (Å²) in [4.78, 5) is 34.0. The Morgan fingerprint density at radius 2 is 1.74 bits per heavy atom. The van der Waals surface area contributed by atoms with Gasteiger partial charge in [0.1, 0.15) is 5.02 Å². The maximum atomic E-state index is 12.0. The zero-order valence-electron chi connectivity index (χ0n) is 11.4. The van der Waals surface area contributed by atoms with Gasteiger partial charge >= 0.3 is 0 Å². The molecule has 0 saturated heterocycles. The molecule has 0 atom stereocenters. The van der Waals surface area contributed by atoms with Crippen LogP contribution in [0.1, 0.15) is 20.7 Å². The van der Waals surface area contributed by atoms with Gasteiger partial charge in [-0.15, -0.1) is 0 Å². The Bertz CT molecular complexity index is 797. The van der Waals surface area contributed by atoms with Gasteiger partial charge in [0.25, 0.3) is 17.5 Å². The van der Waals surface area contributed by atoms with Gasteiger partial charge in [-0.3, -0.25) is 30.6 Å². The second-order valence-electron chi connectivity index (χ2n) is 4.31. The Morgan fingerprint density at radius 3 is 2.39 bits per heavy atom. The molecule has 0 unspecified atom stereocenters. The number of nitro groups is 1. The van der Waals surface area contributed by atoms with Crippen LogP contribution in [0.2, 0.25) is 5.02 Å². The first-order valence-electron chi connectivity index (χ1n) is 6.19. The summed E-state index contributed by atoms with van der Waals surface area (Å²) in [5.41, 5.74) is 4.47. The van der Waals surface area contributed by atoms with E-state index in [0.29, 0.717) is 5.56 Å². The minimum atomic E-state index is -0.691. The van der Waals surface area contributed by atoms with Gasteiger partial charge in [-0.25, -0.2) is 0 Å². The fraction of sp³-hybridized carbons (Fsp3) is 0. The van der Waals surface area contributed by atoms with Gasteiger partial charge in [-0.2, -0.15) is 0 Å². The Labute approximate surface area is 149 Å². The van der Waals surface area contributed by atoms with E-state index in [0.717, 1.165) is 9.64 Å². The number of rotatable bonds is 3. The molecule has 0 bridgehead atoms. The summed E-state index contributed by atoms with van der Waals surface area (Å²) in [5.74, 6) is -1.18. The number of carbonyl (C=O) groups excluding carboxylic acids is 2. The second-order valence-corrected chi connectivity index (χ2v) is 5.88. The smallest absolute Gasteiger partial charge is 0.267 e. The SMILES string of the molecule is O=C(NNC(=O)c1ccccc1I)c1ccc(Cl)c([N+](=O)[O-])c1. The number of carbonyl (C=O) groups is 2. The van der Waals surface area contributed by atoms with Crippen molar-refractivity contribution in [3.8, 4) is 0 Å². The third kappa shape index (κ3) is 4.17. The normalized spacial score (nSPS) is 10.0. The first kappa shape index (κ1) is 17.2. The molecule has 9 heteroatoms. The van der Waals surface area contributed by atoms with Crippen LogP contribution >= 0.6 is 34.2 Å². The van der Waals surface area contributed by atoms with Gasteiger partial charge in [0.2, 0.25) is 0 Å². The lowest BCUT2D eigenvalue weighted by Gasteiger charge is -2.08. The Balaban J connectivity index is 2.08. The number of benzene rings is 2. The van der Waals surface area contributed by atoms with Crippen LogP contribution in [0.5, 0.6) is 0 Å². The lowest BCUT2D eigenvalue weighted by atomic mass is 10.2. The molecule has 0 heterocycles. The summed E-state index contributed by atoms with van der Waals surface area (Å²) in [5, 5.41) is 10.7. The third-order valence-corrected chi connectivity index (χ3v) is 4.07. The fourth-order valence-corrected chi connectivity index (χ4v) is 2.51. The van der Waals surface area contributed by atoms with Crippen molar-refractivity contribution in [3.63, 3.8) is 0 Å². The standard InChI is InChI=1S/C14H9ClIN3O4/c15-10-6-5-8(7-12(10)19(22)23)13(20)17-18-14(21)9-3-1-2-4-11(9)16/h1-7H,(H,17,20)(H,18,21). The average Bonchev–Trinajstić information content (AvgIpc) is 2.52. The van der Waals surface area contributed by atoms with E-state index in [1.54, 1.807) is 24.3 Å². The van der Waals surface area contributed by atoms with Crippen LogP contribution in [-0.2, 0) is 0 Å². The van der Waals surface area contributed by atoms with E-state index < -0.39 is 16.7 Å². The molecular weight excluding hydrogens is 437 g/mol. The van der Waals surface area contributed by atoms with Crippen molar-refractivity contribution in [3.05, 3.63) is 72.3 Å². The highest BCUT2D eigenvalue weighted by molar-refractivity contribution is 14.1. The van der Waals surface area contributed by atoms with Gasteiger partial charge in [-0.05, 0) is 46.9 Å². The first-order valence-corrected chi connectivity index (χ1v) is 7.65. The maximum absolute atomic E-state index is 12.0. The highest BCUT2D eigenvalue weighted by Gasteiger charge is 2.17. The van der Waals surface area contributed by atoms with Crippen molar-refractivity contribution < 1.29 is 14.5 Å². The fourth-order valence-electron chi connectivity index (χ4n) is 1.69. The molecule has 0 spiro atoms. The van der Waals surface area contributed by atoms with Crippen molar-refractivity contribution in [1.29, 1.82) is 0 Å². The number of nitrogens with zero attached hydrogens (tertiary/aromatic N) is 1. The second kappa shape index (κ2) is 7.38. The Kier molecular flexibility index (Phi) is 5.50. The molecule has 0 radical (unpaired) electrons. The summed E-state index contributed by atoms with van der Waals surface area (Å²) in [6, 6.07) is 10.4. The van der Waals surface area contributed by atoms with Crippen molar-refractivity contribution in [2.45, 2.75) is 0 Å². The van der Waals surface area contributed by atoms with Crippen molar-refractivity contribution in [2.24, 2.45) is 0 Å². The molecule has 2 rings (SSSR count). The monoisotopic (exact) mass is 445 g/mol. The number of hydrazine groups is 1. The van der Waals surface area contributed by atoms with E-state index in [2.05, 4.69) is 10.9 Å². The third-order valence-electron chi connectivity index (χ3n) is 2.81. The summed E-state index contributed by atoms with van der Waals surface area (Å²) in [6.45, 7) is 0. The number of nitro benzene ring substituents is 1. The van der Waals surface area contributed by atoms with Crippen LogP contribution in [0, 0.1) is 13.7 Å². The summed E-state index contributed by atoms with van der Waals surface area (Å²) in [6.07, 6.45) is 0. The molecule has 2 aromatic rings. The first-order chi connectivity index (χ1) is 10.9. The van der Waals surface area contributed by atoms with Crippen molar-refractivity contribution in [2.75, 3.05) is 0 Å². The number of hydrogen-bond donors (Lipinski definition) is 2. The van der Waals surface area contributed by atoms with Gasteiger partial charge in [0.05, 0.1) is 10.5 Å². The molecule has 0 fully saturated rings. The van der Waals surface area contributed by atoms with Crippen molar-refractivity contribution >= 4 is 51.7 Å². The van der Waals surface area contributed by atoms with Gasteiger partial charge in [0.15, 0.2) is 0 Å². The number of amides is 2. The van der Waals surface area contributed by atoms with E-state index >= 15 is 0 Å². The van der Waals surface area contributed by atoms with E-state index in [1.165, 1.54) is 12.1 Å². The zero-order valence-corrected chi connectivity index (χ0v) is 14.3. The number of hydrogen-bond acceptors (Lipinski definition) is 4. The van der Waals surface area contributed by atoms with Crippen LogP contribution in [0.25, 0.3) is 0 Å². The molecule has 0 aromatic heterocycles. The molecule has 0 aliphatic heterocycles. The molecule has 2 amide bonds. The van der Waals surface area contributed by atoms with E-state index in [-0.39, 0.29) is 16.3 Å². The minimum absolute atomic E-state index is 0.00385. The summed E-state index contributed by atoms with van der Waals surface area (Å²) >= 11 is 7.67. The van der Waals surface area contributed by atoms with E-state index in [9.17, 15) is 19.7 Å². The topological polar surface area (TPSA) is 101 Å². The zero-order chi connectivity index (χ0) is 17.0. The lowest BCUT2D eigenvalue weighted by molar-refractivity contribution is -0.384. The average molecular weight is 446 g/mol. The molecule has 0 aliphatic carbocycles. The highest BCUT2D eigenvalue weighted by atomic mass is 127. The predicted octanol–water partition coefficient (Wildman–Crippen LogP) is 2.93. The number of nitrogens with one attached hydrogen (secondary N) is 2.